The number of benzene rings is 1. The molecule has 1 unspecified atom stereocenters. The van der Waals surface area contributed by atoms with Crippen molar-refractivity contribution in [2.24, 2.45) is 0 Å². The first-order chi connectivity index (χ1) is 7.08. The van der Waals surface area contributed by atoms with Crippen molar-refractivity contribution < 1.29 is 19.4 Å². The maximum Gasteiger partial charge on any atom is 0.342 e. The van der Waals surface area contributed by atoms with Gasteiger partial charge >= 0.3 is 5.97 Å². The largest absolute Gasteiger partial charge is 0.479 e. The van der Waals surface area contributed by atoms with Gasteiger partial charge in [-0.25, -0.2) is 9.78 Å². The number of fused-ring (bicyclic) bond motifs is 1. The molecule has 2 N–H and O–H groups in total. The van der Waals surface area contributed by atoms with Crippen LogP contribution in [0.2, 0.25) is 0 Å². The van der Waals surface area contributed by atoms with E-state index in [0.29, 0.717) is 16.0 Å². The van der Waals surface area contributed by atoms with Gasteiger partial charge < -0.3 is 14.6 Å². The third kappa shape index (κ3) is 1.81. The highest BCUT2D eigenvalue weighted by Crippen LogP contribution is 2.22. The molecule has 0 saturated heterocycles. The number of carboxylic acids is 1. The molecule has 1 aromatic heterocycles. The third-order valence-corrected chi connectivity index (χ3v) is 2.13. The quantitative estimate of drug-likeness (QED) is 0.669. The number of oxazole rings is 1. The molecule has 0 fully saturated rings. The van der Waals surface area contributed by atoms with Crippen LogP contribution in [0.4, 0.5) is 0 Å². The third-order valence-electron chi connectivity index (χ3n) is 1.86. The number of aliphatic carboxylic acids is 1. The fraction of sp³-hybridized carbons (Fsp3) is 0.111. The molecule has 1 aromatic carbocycles. The summed E-state index contributed by atoms with van der Waals surface area (Å²) in [4.78, 5) is 15.0. The smallest absolute Gasteiger partial charge is 0.342 e. The van der Waals surface area contributed by atoms with Gasteiger partial charge in [0.15, 0.2) is 5.58 Å². The number of nitrogens with zero attached hydrogens (tertiary/aromatic N) is 1. The lowest BCUT2D eigenvalue weighted by Crippen LogP contribution is -2.10. The standard InChI is InChI=1S/C9H7NO4S/c11-7(9(12)13)8-10-5-3-4(15)1-2-6(5)14-8/h1-3,7,11,15H,(H,12,13). The molecule has 0 aliphatic heterocycles. The molecule has 5 nitrogen and oxygen atoms in total. The number of thiol groups is 1. The van der Waals surface area contributed by atoms with Crippen molar-refractivity contribution in [3.8, 4) is 0 Å². The molecule has 0 spiro atoms. The summed E-state index contributed by atoms with van der Waals surface area (Å²) in [6.07, 6.45) is -1.74. The van der Waals surface area contributed by atoms with Gasteiger partial charge in [0.05, 0.1) is 0 Å². The van der Waals surface area contributed by atoms with Gasteiger partial charge in [0.25, 0.3) is 0 Å². The Bertz CT molecular complexity index is 522. The van der Waals surface area contributed by atoms with E-state index in [0.717, 1.165) is 0 Å². The number of carboxylic acid groups (broad SMARTS) is 1. The van der Waals surface area contributed by atoms with Crippen LogP contribution in [0.15, 0.2) is 27.5 Å². The Morgan fingerprint density at radius 3 is 2.93 bits per heavy atom. The highest BCUT2D eigenvalue weighted by atomic mass is 32.1. The van der Waals surface area contributed by atoms with Crippen LogP contribution in [-0.4, -0.2) is 21.2 Å². The van der Waals surface area contributed by atoms with E-state index < -0.39 is 12.1 Å². The predicted molar refractivity (Wildman–Crippen MR) is 53.9 cm³/mol. The molecule has 2 rings (SSSR count). The Morgan fingerprint density at radius 2 is 2.27 bits per heavy atom. The zero-order chi connectivity index (χ0) is 11.0. The van der Waals surface area contributed by atoms with Gasteiger partial charge in [0, 0.05) is 4.90 Å². The fourth-order valence-corrected chi connectivity index (χ4v) is 1.35. The van der Waals surface area contributed by atoms with Gasteiger partial charge in [-0.2, -0.15) is 0 Å². The summed E-state index contributed by atoms with van der Waals surface area (Å²) >= 11 is 4.10. The number of aliphatic hydroxyl groups excluding tert-OH is 1. The number of rotatable bonds is 2. The second kappa shape index (κ2) is 3.56. The predicted octanol–water partition coefficient (Wildman–Crippen LogP) is 1.23. The first-order valence-electron chi connectivity index (χ1n) is 4.08. The van der Waals surface area contributed by atoms with Gasteiger partial charge in [-0.3, -0.25) is 0 Å². The van der Waals surface area contributed by atoms with Crippen LogP contribution in [0, 0.1) is 0 Å². The van der Waals surface area contributed by atoms with Crippen molar-refractivity contribution in [1.82, 2.24) is 4.98 Å². The van der Waals surface area contributed by atoms with Crippen LogP contribution in [0.1, 0.15) is 12.0 Å². The Hall–Kier alpha value is -1.53. The van der Waals surface area contributed by atoms with E-state index in [1.54, 1.807) is 18.2 Å². The van der Waals surface area contributed by atoms with Gasteiger partial charge in [-0.15, -0.1) is 12.6 Å². The minimum Gasteiger partial charge on any atom is -0.479 e. The maximum atomic E-state index is 10.5. The molecule has 0 aliphatic rings. The molecular weight excluding hydrogens is 218 g/mol. The minimum atomic E-state index is -1.74. The molecule has 78 valence electrons. The fourth-order valence-electron chi connectivity index (χ4n) is 1.16. The molecule has 1 heterocycles. The average Bonchev–Trinajstić information content (AvgIpc) is 2.58. The molecule has 2 aromatic rings. The Labute approximate surface area is 89.8 Å². The molecule has 0 radical (unpaired) electrons. The maximum absolute atomic E-state index is 10.5. The van der Waals surface area contributed by atoms with E-state index in [1.807, 2.05) is 0 Å². The molecule has 0 bridgehead atoms. The summed E-state index contributed by atoms with van der Waals surface area (Å²) in [6.45, 7) is 0. The minimum absolute atomic E-state index is 0.226. The number of hydrogen-bond acceptors (Lipinski definition) is 5. The SMILES string of the molecule is O=C(O)C(O)c1nc2cc(S)ccc2o1. The number of aromatic nitrogens is 1. The highest BCUT2D eigenvalue weighted by molar-refractivity contribution is 7.80. The van der Waals surface area contributed by atoms with Gasteiger partial charge in [0.2, 0.25) is 12.0 Å². The lowest BCUT2D eigenvalue weighted by molar-refractivity contribution is -0.148. The van der Waals surface area contributed by atoms with Crippen LogP contribution in [0.5, 0.6) is 0 Å². The molecule has 0 aliphatic carbocycles. The second-order valence-electron chi connectivity index (χ2n) is 2.94. The van der Waals surface area contributed by atoms with E-state index in [-0.39, 0.29) is 5.89 Å². The first kappa shape index (κ1) is 10.0. The van der Waals surface area contributed by atoms with Crippen molar-refractivity contribution in [2.45, 2.75) is 11.0 Å². The van der Waals surface area contributed by atoms with Gasteiger partial charge in [-0.1, -0.05) is 0 Å². The summed E-state index contributed by atoms with van der Waals surface area (Å²) in [5, 5.41) is 17.7. The number of hydrogen-bond donors (Lipinski definition) is 3. The monoisotopic (exact) mass is 225 g/mol. The molecular formula is C9H7NO4S. The Morgan fingerprint density at radius 1 is 1.53 bits per heavy atom. The summed E-state index contributed by atoms with van der Waals surface area (Å²) in [5.74, 6) is -1.62. The zero-order valence-corrected chi connectivity index (χ0v) is 8.31. The van der Waals surface area contributed by atoms with Gasteiger partial charge in [-0.05, 0) is 18.2 Å². The highest BCUT2D eigenvalue weighted by Gasteiger charge is 2.22. The number of carbonyl (C=O) groups is 1. The van der Waals surface area contributed by atoms with Crippen LogP contribution < -0.4 is 0 Å². The van der Waals surface area contributed by atoms with Crippen LogP contribution in [-0.2, 0) is 4.79 Å². The Balaban J connectivity index is 2.51. The lowest BCUT2D eigenvalue weighted by atomic mass is 10.3. The summed E-state index contributed by atoms with van der Waals surface area (Å²) in [5.41, 5.74) is 0.890. The van der Waals surface area contributed by atoms with E-state index in [9.17, 15) is 9.90 Å². The van der Waals surface area contributed by atoms with Crippen LogP contribution in [0.25, 0.3) is 11.1 Å². The van der Waals surface area contributed by atoms with E-state index in [2.05, 4.69) is 17.6 Å². The van der Waals surface area contributed by atoms with Gasteiger partial charge in [0.1, 0.15) is 5.52 Å². The van der Waals surface area contributed by atoms with E-state index in [1.165, 1.54) is 0 Å². The van der Waals surface area contributed by atoms with Crippen LogP contribution >= 0.6 is 12.6 Å². The lowest BCUT2D eigenvalue weighted by Gasteiger charge is -1.96. The summed E-state index contributed by atoms with van der Waals surface area (Å²) in [7, 11) is 0. The number of aliphatic hydroxyl groups is 1. The summed E-state index contributed by atoms with van der Waals surface area (Å²) in [6, 6.07) is 4.93. The topological polar surface area (TPSA) is 83.6 Å². The summed E-state index contributed by atoms with van der Waals surface area (Å²) < 4.78 is 5.07. The second-order valence-corrected chi connectivity index (χ2v) is 3.46. The van der Waals surface area contributed by atoms with Crippen molar-refractivity contribution in [1.29, 1.82) is 0 Å². The normalized spacial score (nSPS) is 12.9. The van der Waals surface area contributed by atoms with Crippen LogP contribution in [0.3, 0.4) is 0 Å². The van der Waals surface area contributed by atoms with Crippen molar-refractivity contribution in [2.75, 3.05) is 0 Å². The van der Waals surface area contributed by atoms with E-state index >= 15 is 0 Å². The van der Waals surface area contributed by atoms with Crippen molar-refractivity contribution in [3.63, 3.8) is 0 Å². The molecule has 6 heteroatoms. The first-order valence-corrected chi connectivity index (χ1v) is 4.53. The molecule has 0 amide bonds. The average molecular weight is 225 g/mol. The zero-order valence-electron chi connectivity index (χ0n) is 7.41. The molecule has 15 heavy (non-hydrogen) atoms. The Kier molecular flexibility index (Phi) is 2.37. The van der Waals surface area contributed by atoms with Crippen molar-refractivity contribution in [3.05, 3.63) is 24.1 Å². The molecule has 1 atom stereocenters. The molecule has 0 saturated carbocycles. The van der Waals surface area contributed by atoms with E-state index in [4.69, 9.17) is 9.52 Å². The van der Waals surface area contributed by atoms with Crippen molar-refractivity contribution >= 4 is 29.7 Å².